The Morgan fingerprint density at radius 1 is 1.17 bits per heavy atom. The number of amides is 4. The maximum atomic E-state index is 14.2. The van der Waals surface area contributed by atoms with Crippen LogP contribution in [0.4, 0.5) is 14.9 Å². The first-order valence-corrected chi connectivity index (χ1v) is 9.93. The average molecular weight is 410 g/mol. The third-order valence-electron chi connectivity index (χ3n) is 5.36. The van der Waals surface area contributed by atoms with E-state index in [9.17, 15) is 18.8 Å². The van der Waals surface area contributed by atoms with Gasteiger partial charge in [-0.15, -0.1) is 0 Å². The van der Waals surface area contributed by atoms with E-state index in [1.165, 1.54) is 11.0 Å². The quantitative estimate of drug-likeness (QED) is 0.727. The molecule has 0 saturated carbocycles. The first kappa shape index (κ1) is 19.9. The lowest BCUT2D eigenvalue weighted by molar-refractivity contribution is -0.120. The number of carbonyl (C=O) groups is 3. The Bertz CT molecular complexity index is 1020. The predicted molar refractivity (Wildman–Crippen MR) is 110 cm³/mol. The number of benzene rings is 2. The zero-order chi connectivity index (χ0) is 21.4. The Kier molecular flexibility index (Phi) is 5.15. The van der Waals surface area contributed by atoms with Crippen LogP contribution in [0.25, 0.3) is 11.1 Å². The van der Waals surface area contributed by atoms with E-state index in [1.54, 1.807) is 36.4 Å². The highest BCUT2D eigenvalue weighted by atomic mass is 19.1. The molecule has 0 aromatic heterocycles. The van der Waals surface area contributed by atoms with Gasteiger partial charge in [-0.2, -0.15) is 0 Å². The van der Waals surface area contributed by atoms with Gasteiger partial charge in [0, 0.05) is 18.2 Å². The largest absolute Gasteiger partial charge is 0.336 e. The van der Waals surface area contributed by atoms with Gasteiger partial charge in [0.1, 0.15) is 11.9 Å². The maximum Gasteiger partial charge on any atom is 0.315 e. The minimum atomic E-state index is -0.806. The van der Waals surface area contributed by atoms with Crippen molar-refractivity contribution in [3.05, 3.63) is 53.8 Å². The number of rotatable bonds is 3. The van der Waals surface area contributed by atoms with Gasteiger partial charge in [-0.05, 0) is 44.0 Å². The Morgan fingerprint density at radius 3 is 2.67 bits per heavy atom. The standard InChI is InChI=1S/C22H23FN4O3/c1-12(2)24-22(30)26-18-9-10-27-19(18)20(28)25-17-8-7-13(11-15(17)21(27)29)14-5-3-4-6-16(14)23/h3-8,11-12,18-19H,9-10H2,1-2H3,(H,25,28)(H2,24,26,30)/t18-,19-/m0/s1. The topological polar surface area (TPSA) is 90.5 Å². The molecule has 30 heavy (non-hydrogen) atoms. The Hall–Kier alpha value is -3.42. The van der Waals surface area contributed by atoms with E-state index in [0.717, 1.165) is 0 Å². The minimum absolute atomic E-state index is 0.0480. The van der Waals surface area contributed by atoms with Gasteiger partial charge in [0.15, 0.2) is 0 Å². The van der Waals surface area contributed by atoms with Crippen LogP contribution < -0.4 is 16.0 Å². The number of hydrogen-bond donors (Lipinski definition) is 3. The highest BCUT2D eigenvalue weighted by Gasteiger charge is 2.45. The summed E-state index contributed by atoms with van der Waals surface area (Å²) in [5.74, 6) is -1.06. The summed E-state index contributed by atoms with van der Waals surface area (Å²) < 4.78 is 14.2. The fourth-order valence-corrected chi connectivity index (χ4v) is 4.02. The third kappa shape index (κ3) is 3.60. The van der Waals surface area contributed by atoms with Crippen LogP contribution in [0.5, 0.6) is 0 Å². The Morgan fingerprint density at radius 2 is 1.93 bits per heavy atom. The van der Waals surface area contributed by atoms with Gasteiger partial charge < -0.3 is 20.9 Å². The van der Waals surface area contributed by atoms with E-state index < -0.39 is 12.1 Å². The van der Waals surface area contributed by atoms with Crippen molar-refractivity contribution in [3.63, 3.8) is 0 Å². The molecule has 2 aromatic carbocycles. The number of carbonyl (C=O) groups excluding carboxylic acids is 3. The zero-order valence-electron chi connectivity index (χ0n) is 16.7. The summed E-state index contributed by atoms with van der Waals surface area (Å²) >= 11 is 0. The molecule has 1 saturated heterocycles. The number of halogens is 1. The number of hydrogen-bond acceptors (Lipinski definition) is 3. The Labute approximate surface area is 173 Å². The summed E-state index contributed by atoms with van der Waals surface area (Å²) in [5.41, 5.74) is 1.62. The van der Waals surface area contributed by atoms with Crippen molar-refractivity contribution in [2.75, 3.05) is 11.9 Å². The highest BCUT2D eigenvalue weighted by Crippen LogP contribution is 2.33. The van der Waals surface area contributed by atoms with Crippen molar-refractivity contribution in [1.82, 2.24) is 15.5 Å². The van der Waals surface area contributed by atoms with E-state index in [2.05, 4.69) is 16.0 Å². The van der Waals surface area contributed by atoms with Gasteiger partial charge in [0.05, 0.1) is 17.3 Å². The summed E-state index contributed by atoms with van der Waals surface area (Å²) in [6, 6.07) is 9.50. The summed E-state index contributed by atoms with van der Waals surface area (Å²) in [7, 11) is 0. The van der Waals surface area contributed by atoms with Crippen molar-refractivity contribution in [3.8, 4) is 11.1 Å². The van der Waals surface area contributed by atoms with E-state index in [0.29, 0.717) is 35.3 Å². The lowest BCUT2D eigenvalue weighted by Crippen LogP contribution is -2.54. The van der Waals surface area contributed by atoms with Crippen LogP contribution in [-0.4, -0.2) is 47.4 Å². The molecule has 2 aliphatic rings. The minimum Gasteiger partial charge on any atom is -0.336 e. The van der Waals surface area contributed by atoms with Crippen molar-refractivity contribution < 1.29 is 18.8 Å². The molecular weight excluding hydrogens is 387 g/mol. The third-order valence-corrected chi connectivity index (χ3v) is 5.36. The SMILES string of the molecule is CC(C)NC(=O)N[C@H]1CCN2C(=O)c3cc(-c4ccccc4F)ccc3NC(=O)[C@H]12. The summed E-state index contributed by atoms with van der Waals surface area (Å²) in [5, 5.41) is 8.33. The van der Waals surface area contributed by atoms with Crippen molar-refractivity contribution in [1.29, 1.82) is 0 Å². The first-order chi connectivity index (χ1) is 14.3. The molecule has 3 N–H and O–H groups in total. The molecule has 4 amide bonds. The van der Waals surface area contributed by atoms with Gasteiger partial charge in [0.25, 0.3) is 5.91 Å². The lowest BCUT2D eigenvalue weighted by Gasteiger charge is -2.25. The number of urea groups is 1. The molecule has 8 heteroatoms. The number of anilines is 1. The van der Waals surface area contributed by atoms with Crippen molar-refractivity contribution in [2.24, 2.45) is 0 Å². The zero-order valence-corrected chi connectivity index (χ0v) is 16.7. The second-order valence-electron chi connectivity index (χ2n) is 7.84. The molecule has 0 radical (unpaired) electrons. The fraction of sp³-hybridized carbons (Fsp3) is 0.318. The van der Waals surface area contributed by atoms with Gasteiger partial charge >= 0.3 is 6.03 Å². The van der Waals surface area contributed by atoms with Gasteiger partial charge in [0.2, 0.25) is 5.91 Å². The van der Waals surface area contributed by atoms with Crippen molar-refractivity contribution in [2.45, 2.75) is 38.4 Å². The molecule has 0 bridgehead atoms. The molecule has 2 aliphatic heterocycles. The van der Waals surface area contributed by atoms with E-state index in [-0.39, 0.29) is 29.7 Å². The first-order valence-electron chi connectivity index (χ1n) is 9.93. The van der Waals surface area contributed by atoms with Crippen LogP contribution in [-0.2, 0) is 4.79 Å². The van der Waals surface area contributed by atoms with Crippen LogP contribution in [0.3, 0.4) is 0 Å². The molecule has 4 rings (SSSR count). The van der Waals surface area contributed by atoms with Crippen LogP contribution >= 0.6 is 0 Å². The number of nitrogens with one attached hydrogen (secondary N) is 3. The van der Waals surface area contributed by atoms with E-state index in [4.69, 9.17) is 0 Å². The summed E-state index contributed by atoms with van der Waals surface area (Å²) in [6.07, 6.45) is 0.470. The smallest absolute Gasteiger partial charge is 0.315 e. The average Bonchev–Trinajstić information content (AvgIpc) is 3.06. The molecule has 0 aliphatic carbocycles. The molecule has 7 nitrogen and oxygen atoms in total. The van der Waals surface area contributed by atoms with Gasteiger partial charge in [-0.1, -0.05) is 24.3 Å². The lowest BCUT2D eigenvalue weighted by atomic mass is 10.0. The van der Waals surface area contributed by atoms with Crippen LogP contribution in [0.1, 0.15) is 30.6 Å². The van der Waals surface area contributed by atoms with Crippen LogP contribution in [0.15, 0.2) is 42.5 Å². The molecule has 2 aromatic rings. The van der Waals surface area contributed by atoms with E-state index in [1.807, 2.05) is 13.8 Å². The number of fused-ring (bicyclic) bond motifs is 2. The second kappa shape index (κ2) is 7.78. The second-order valence-corrected chi connectivity index (χ2v) is 7.84. The molecule has 0 spiro atoms. The van der Waals surface area contributed by atoms with Crippen molar-refractivity contribution >= 4 is 23.5 Å². The Balaban J connectivity index is 1.64. The molecule has 156 valence electrons. The normalized spacial score (nSPS) is 20.3. The number of nitrogens with zero attached hydrogens (tertiary/aromatic N) is 1. The molecule has 2 heterocycles. The molecule has 0 unspecified atom stereocenters. The summed E-state index contributed by atoms with van der Waals surface area (Å²) in [6.45, 7) is 4.02. The highest BCUT2D eigenvalue weighted by molar-refractivity contribution is 6.11. The fourth-order valence-electron chi connectivity index (χ4n) is 4.02. The van der Waals surface area contributed by atoms with Gasteiger partial charge in [-0.25, -0.2) is 9.18 Å². The molecular formula is C22H23FN4O3. The van der Waals surface area contributed by atoms with E-state index >= 15 is 0 Å². The summed E-state index contributed by atoms with van der Waals surface area (Å²) in [4.78, 5) is 39.7. The maximum absolute atomic E-state index is 14.2. The molecule has 1 fully saturated rings. The van der Waals surface area contributed by atoms with Crippen LogP contribution in [0, 0.1) is 5.82 Å². The van der Waals surface area contributed by atoms with Crippen LogP contribution in [0.2, 0.25) is 0 Å². The monoisotopic (exact) mass is 410 g/mol. The van der Waals surface area contributed by atoms with Gasteiger partial charge in [-0.3, -0.25) is 9.59 Å². The predicted octanol–water partition coefficient (Wildman–Crippen LogP) is 2.74. The molecule has 2 atom stereocenters.